The average molecular weight is 616 g/mol. The van der Waals surface area contributed by atoms with E-state index >= 15 is 0 Å². The lowest BCUT2D eigenvalue weighted by atomic mass is 10.1. The van der Waals surface area contributed by atoms with Crippen molar-refractivity contribution in [3.63, 3.8) is 0 Å². The molecule has 0 aliphatic carbocycles. The number of aliphatic hydroxyl groups excluding tert-OH is 2. The summed E-state index contributed by atoms with van der Waals surface area (Å²) < 4.78 is 0. The minimum atomic E-state index is -0.870. The third-order valence-electron chi connectivity index (χ3n) is 8.26. The van der Waals surface area contributed by atoms with Crippen molar-refractivity contribution in [2.24, 2.45) is 0 Å². The molecule has 4 nitrogen and oxygen atoms in total. The van der Waals surface area contributed by atoms with Gasteiger partial charge >= 0.3 is 0 Å². The normalized spacial score (nSPS) is 13.6. The monoisotopic (exact) mass is 616 g/mol. The molecule has 0 aliphatic rings. The third kappa shape index (κ3) is 31.8. The Morgan fingerprint density at radius 1 is 0.523 bits per heavy atom. The van der Waals surface area contributed by atoms with Crippen LogP contribution >= 0.6 is 0 Å². The van der Waals surface area contributed by atoms with Crippen molar-refractivity contribution in [2.45, 2.75) is 193 Å². The Morgan fingerprint density at radius 3 is 1.34 bits per heavy atom. The van der Waals surface area contributed by atoms with E-state index in [1.165, 1.54) is 122 Å². The van der Waals surface area contributed by atoms with Crippen LogP contribution in [0.1, 0.15) is 181 Å². The van der Waals surface area contributed by atoms with E-state index in [1.807, 2.05) is 6.08 Å². The molecule has 0 aromatic carbocycles. The van der Waals surface area contributed by atoms with Crippen molar-refractivity contribution in [3.8, 4) is 0 Å². The van der Waals surface area contributed by atoms with Gasteiger partial charge < -0.3 is 15.5 Å². The summed E-state index contributed by atoms with van der Waals surface area (Å²) in [5.74, 6) is -0.0854. The summed E-state index contributed by atoms with van der Waals surface area (Å²) in [6.07, 6.45) is 47.7. The van der Waals surface area contributed by atoms with Crippen LogP contribution in [0.3, 0.4) is 0 Å². The molecule has 0 rings (SSSR count). The van der Waals surface area contributed by atoms with E-state index in [4.69, 9.17) is 0 Å². The molecule has 0 spiro atoms. The molecule has 1 amide bonds. The second-order valence-corrected chi connectivity index (χ2v) is 12.6. The van der Waals surface area contributed by atoms with E-state index in [0.29, 0.717) is 6.42 Å². The molecule has 2 unspecified atom stereocenters. The molecule has 2 atom stereocenters. The van der Waals surface area contributed by atoms with E-state index in [0.717, 1.165) is 38.5 Å². The van der Waals surface area contributed by atoms with Gasteiger partial charge in [0.2, 0.25) is 5.91 Å². The lowest BCUT2D eigenvalue weighted by Gasteiger charge is -2.19. The molecular formula is C40H73NO3. The predicted octanol–water partition coefficient (Wildman–Crippen LogP) is 11.2. The first kappa shape index (κ1) is 42.3. The fourth-order valence-corrected chi connectivity index (χ4v) is 5.32. The molecule has 0 bridgehead atoms. The highest BCUT2D eigenvalue weighted by molar-refractivity contribution is 5.76. The van der Waals surface area contributed by atoms with E-state index in [1.54, 1.807) is 6.08 Å². The maximum absolute atomic E-state index is 12.3. The Labute approximate surface area is 274 Å². The second-order valence-electron chi connectivity index (χ2n) is 12.6. The Morgan fingerprint density at radius 2 is 0.886 bits per heavy atom. The maximum Gasteiger partial charge on any atom is 0.220 e. The molecule has 0 aromatic rings. The molecule has 0 saturated heterocycles. The van der Waals surface area contributed by atoms with Gasteiger partial charge in [0.25, 0.3) is 0 Å². The van der Waals surface area contributed by atoms with Gasteiger partial charge in [-0.3, -0.25) is 4.79 Å². The molecule has 0 radical (unpaired) electrons. The quantitative estimate of drug-likeness (QED) is 0.0508. The number of hydrogen-bond acceptors (Lipinski definition) is 3. The van der Waals surface area contributed by atoms with Gasteiger partial charge in [-0.25, -0.2) is 0 Å². The number of hydrogen-bond donors (Lipinski definition) is 3. The van der Waals surface area contributed by atoms with Gasteiger partial charge in [-0.05, 0) is 70.6 Å². The second kappa shape index (κ2) is 35.8. The summed E-state index contributed by atoms with van der Waals surface area (Å²) in [4.78, 5) is 12.3. The summed E-state index contributed by atoms with van der Waals surface area (Å²) >= 11 is 0. The summed E-state index contributed by atoms with van der Waals surface area (Å²) in [5, 5.41) is 22.8. The number of rotatable bonds is 33. The van der Waals surface area contributed by atoms with Crippen molar-refractivity contribution in [1.29, 1.82) is 0 Å². The molecule has 0 aromatic heterocycles. The molecule has 0 aliphatic heterocycles. The standard InChI is InChI=1S/C40H73NO3/c1-3-5-7-9-11-13-15-17-19-20-21-22-24-26-28-30-32-34-36-40(44)41-38(37-42)39(43)35-33-31-29-27-25-23-18-16-14-12-10-8-6-4-2/h14,16,19-20,25,27,33,35,38-39,42-43H,3-13,15,17-18,21-24,26,28-32,34,36-37H2,1-2H3,(H,41,44)/b16-14+,20-19-,27-25+,35-33+. The van der Waals surface area contributed by atoms with Gasteiger partial charge in [-0.2, -0.15) is 0 Å². The average Bonchev–Trinajstić information content (AvgIpc) is 3.03. The zero-order valence-electron chi connectivity index (χ0n) is 29.2. The van der Waals surface area contributed by atoms with Gasteiger partial charge in [-0.1, -0.05) is 152 Å². The Bertz CT molecular complexity index is 711. The van der Waals surface area contributed by atoms with Gasteiger partial charge in [0.05, 0.1) is 18.8 Å². The van der Waals surface area contributed by atoms with Crippen LogP contribution in [0.4, 0.5) is 0 Å². The predicted molar refractivity (Wildman–Crippen MR) is 193 cm³/mol. The van der Waals surface area contributed by atoms with Crippen LogP contribution in [0.15, 0.2) is 48.6 Å². The summed E-state index contributed by atoms with van der Waals surface area (Å²) in [7, 11) is 0. The lowest BCUT2D eigenvalue weighted by Crippen LogP contribution is -2.45. The largest absolute Gasteiger partial charge is 0.394 e. The lowest BCUT2D eigenvalue weighted by molar-refractivity contribution is -0.123. The minimum absolute atomic E-state index is 0.0854. The molecule has 4 heteroatoms. The summed E-state index contributed by atoms with van der Waals surface area (Å²) in [6.45, 7) is 4.25. The van der Waals surface area contributed by atoms with Crippen molar-refractivity contribution in [2.75, 3.05) is 6.61 Å². The van der Waals surface area contributed by atoms with Crippen molar-refractivity contribution < 1.29 is 15.0 Å². The van der Waals surface area contributed by atoms with Crippen molar-refractivity contribution in [3.05, 3.63) is 48.6 Å². The van der Waals surface area contributed by atoms with Crippen LogP contribution in [0.5, 0.6) is 0 Å². The molecular weight excluding hydrogens is 542 g/mol. The van der Waals surface area contributed by atoms with E-state index in [2.05, 4.69) is 55.6 Å². The molecule has 256 valence electrons. The number of amides is 1. The van der Waals surface area contributed by atoms with Crippen LogP contribution in [-0.2, 0) is 4.79 Å². The van der Waals surface area contributed by atoms with E-state index < -0.39 is 12.1 Å². The maximum atomic E-state index is 12.3. The van der Waals surface area contributed by atoms with Crippen LogP contribution in [0.25, 0.3) is 0 Å². The van der Waals surface area contributed by atoms with Gasteiger partial charge in [0.15, 0.2) is 0 Å². The topological polar surface area (TPSA) is 69.6 Å². The first-order valence-electron chi connectivity index (χ1n) is 18.9. The number of carbonyl (C=O) groups excluding carboxylic acids is 1. The SMILES string of the molecule is CCCCCC/C=C/CC/C=C/CC/C=C/C(O)C(CO)NC(=O)CCCCCCCCC/C=C\CCCCCCCCC. The molecule has 0 heterocycles. The zero-order valence-corrected chi connectivity index (χ0v) is 29.2. The number of nitrogens with one attached hydrogen (secondary N) is 1. The zero-order chi connectivity index (χ0) is 32.2. The van der Waals surface area contributed by atoms with Crippen molar-refractivity contribution in [1.82, 2.24) is 5.32 Å². The highest BCUT2D eigenvalue weighted by Crippen LogP contribution is 2.12. The van der Waals surface area contributed by atoms with E-state index in [-0.39, 0.29) is 12.5 Å². The van der Waals surface area contributed by atoms with Crippen LogP contribution < -0.4 is 5.32 Å². The number of aliphatic hydroxyl groups is 2. The van der Waals surface area contributed by atoms with Crippen LogP contribution in [0, 0.1) is 0 Å². The number of carbonyl (C=O) groups is 1. The molecule has 3 N–H and O–H groups in total. The molecule has 0 fully saturated rings. The third-order valence-corrected chi connectivity index (χ3v) is 8.26. The smallest absolute Gasteiger partial charge is 0.220 e. The minimum Gasteiger partial charge on any atom is -0.394 e. The number of allylic oxidation sites excluding steroid dienone is 7. The first-order chi connectivity index (χ1) is 21.7. The van der Waals surface area contributed by atoms with Crippen molar-refractivity contribution >= 4 is 5.91 Å². The molecule has 0 saturated carbocycles. The number of unbranched alkanes of at least 4 members (excludes halogenated alkanes) is 20. The van der Waals surface area contributed by atoms with E-state index in [9.17, 15) is 15.0 Å². The highest BCUT2D eigenvalue weighted by Gasteiger charge is 2.17. The fourth-order valence-electron chi connectivity index (χ4n) is 5.32. The molecule has 44 heavy (non-hydrogen) atoms. The van der Waals surface area contributed by atoms with Crippen LogP contribution in [-0.4, -0.2) is 34.9 Å². The Hall–Kier alpha value is -1.65. The fraction of sp³-hybridized carbons (Fsp3) is 0.775. The van der Waals surface area contributed by atoms with Gasteiger partial charge in [0, 0.05) is 6.42 Å². The highest BCUT2D eigenvalue weighted by atomic mass is 16.3. The van der Waals surface area contributed by atoms with Gasteiger partial charge in [0.1, 0.15) is 0 Å². The Kier molecular flexibility index (Phi) is 34.5. The summed E-state index contributed by atoms with van der Waals surface area (Å²) in [5.41, 5.74) is 0. The van der Waals surface area contributed by atoms with Crippen LogP contribution in [0.2, 0.25) is 0 Å². The van der Waals surface area contributed by atoms with Gasteiger partial charge in [-0.15, -0.1) is 0 Å². The summed E-state index contributed by atoms with van der Waals surface area (Å²) in [6, 6.07) is -0.646. The Balaban J connectivity index is 3.69. The first-order valence-corrected chi connectivity index (χ1v) is 18.9.